The summed E-state index contributed by atoms with van der Waals surface area (Å²) in [4.78, 5) is 34.8. The van der Waals surface area contributed by atoms with Gasteiger partial charge in [-0.25, -0.2) is 4.90 Å². The van der Waals surface area contributed by atoms with Gasteiger partial charge in [-0.2, -0.15) is 0 Å². The second kappa shape index (κ2) is 12.0. The highest BCUT2D eigenvalue weighted by molar-refractivity contribution is 6.21. The summed E-state index contributed by atoms with van der Waals surface area (Å²) < 4.78 is 7.23. The third kappa shape index (κ3) is 4.98. The zero-order chi connectivity index (χ0) is 29.6. The van der Waals surface area contributed by atoms with Crippen LogP contribution in [0.3, 0.4) is 0 Å². The van der Waals surface area contributed by atoms with Gasteiger partial charge in [0.15, 0.2) is 0 Å². The summed E-state index contributed by atoms with van der Waals surface area (Å²) in [5, 5.41) is 7.61. The number of rotatable bonds is 11. The van der Waals surface area contributed by atoms with Crippen molar-refractivity contribution < 1.29 is 14.3 Å². The van der Waals surface area contributed by atoms with Gasteiger partial charge in [0.1, 0.15) is 11.8 Å². The van der Waals surface area contributed by atoms with E-state index < -0.39 is 29.1 Å². The number of fused-ring (bicyclic) bond motifs is 1. The molecule has 1 aliphatic rings. The fraction of sp³-hybridized carbons (Fsp3) is 0.188. The molecule has 0 fully saturated rings. The van der Waals surface area contributed by atoms with E-state index in [1.807, 2.05) is 91.0 Å². The first kappa shape index (κ1) is 28.1. The Morgan fingerprint density at radius 3 is 1.38 bits per heavy atom. The maximum absolute atomic E-state index is 14.0. The molecule has 5 rings (SSSR count). The Morgan fingerprint density at radius 1 is 0.667 bits per heavy atom. The Labute approximate surface area is 242 Å². The summed E-state index contributed by atoms with van der Waals surface area (Å²) in [6.07, 6.45) is -1.35. The topological polar surface area (TPSA) is 144 Å². The number of hydrogen-bond donors (Lipinski definition) is 0. The maximum Gasteiger partial charge on any atom is 0.263 e. The number of ether oxygens (including phenoxy) is 1. The van der Waals surface area contributed by atoms with E-state index in [1.54, 1.807) is 31.2 Å². The molecule has 10 nitrogen and oxygen atoms in total. The lowest BCUT2D eigenvalue weighted by atomic mass is 9.79. The van der Waals surface area contributed by atoms with Gasteiger partial charge in [0, 0.05) is 28.3 Å². The number of imide groups is 1. The summed E-state index contributed by atoms with van der Waals surface area (Å²) >= 11 is 0. The minimum atomic E-state index is -1.35. The lowest BCUT2D eigenvalue weighted by Gasteiger charge is -2.46. The Morgan fingerprint density at radius 2 is 1.02 bits per heavy atom. The van der Waals surface area contributed by atoms with E-state index in [1.165, 1.54) is 0 Å². The fourth-order valence-corrected chi connectivity index (χ4v) is 5.41. The van der Waals surface area contributed by atoms with Crippen molar-refractivity contribution in [1.29, 1.82) is 0 Å². The van der Waals surface area contributed by atoms with Crippen molar-refractivity contribution in [2.75, 3.05) is 13.1 Å². The molecule has 42 heavy (non-hydrogen) atoms. The minimum absolute atomic E-state index is 0.227. The molecule has 1 unspecified atom stereocenters. The molecule has 0 N–H and O–H groups in total. The zero-order valence-electron chi connectivity index (χ0n) is 22.8. The van der Waals surface area contributed by atoms with Gasteiger partial charge in [0.2, 0.25) is 0 Å². The maximum atomic E-state index is 14.0. The monoisotopic (exact) mass is 557 g/mol. The number of amides is 2. The number of carbonyl (C=O) groups is 2. The molecular weight excluding hydrogens is 530 g/mol. The van der Waals surface area contributed by atoms with Crippen molar-refractivity contribution in [3.05, 3.63) is 164 Å². The second-order valence-corrected chi connectivity index (χ2v) is 10.2. The number of hydrogen-bond acceptors (Lipinski definition) is 5. The Kier molecular flexibility index (Phi) is 8.04. The van der Waals surface area contributed by atoms with Crippen LogP contribution in [0.1, 0.15) is 44.3 Å². The van der Waals surface area contributed by atoms with Gasteiger partial charge in [0.05, 0.1) is 11.1 Å². The third-order valence-electron chi connectivity index (χ3n) is 7.48. The van der Waals surface area contributed by atoms with Gasteiger partial charge in [-0.15, -0.1) is 0 Å². The predicted octanol–water partition coefficient (Wildman–Crippen LogP) is 7.24. The average molecular weight is 558 g/mol. The Balaban J connectivity index is 1.82. The number of carbonyl (C=O) groups excluding carboxylic acids is 2. The molecule has 1 aliphatic heterocycles. The van der Waals surface area contributed by atoms with E-state index >= 15 is 0 Å². The molecule has 1 heterocycles. The largest absolute Gasteiger partial charge is 0.337 e. The van der Waals surface area contributed by atoms with Crippen LogP contribution in [-0.2, 0) is 10.3 Å². The predicted molar refractivity (Wildman–Crippen MR) is 157 cm³/mol. The Hall–Kier alpha value is -5.40. The molecule has 10 heteroatoms. The van der Waals surface area contributed by atoms with E-state index in [2.05, 4.69) is 20.1 Å². The van der Waals surface area contributed by atoms with E-state index in [4.69, 9.17) is 4.74 Å². The molecule has 0 saturated heterocycles. The summed E-state index contributed by atoms with van der Waals surface area (Å²) in [5.74, 6) is -1.12. The van der Waals surface area contributed by atoms with E-state index in [9.17, 15) is 20.7 Å². The molecule has 4 aromatic rings. The number of benzene rings is 4. The SMILES string of the molecule is CC(CN=[N+]=[N-])(CN=[N+]=[N-])C(OC(c1ccccc1)(c1ccccc1)c1ccccc1)N1C(=O)c2ccccc2C1=O. The summed E-state index contributed by atoms with van der Waals surface area (Å²) in [6, 6.07) is 35.0. The molecular formula is C32H27N7O3. The van der Waals surface area contributed by atoms with E-state index in [-0.39, 0.29) is 24.2 Å². The molecule has 2 amide bonds. The van der Waals surface area contributed by atoms with Crippen LogP contribution in [0, 0.1) is 5.41 Å². The van der Waals surface area contributed by atoms with Crippen LogP contribution in [0.5, 0.6) is 0 Å². The van der Waals surface area contributed by atoms with Crippen molar-refractivity contribution in [3.8, 4) is 0 Å². The fourth-order valence-electron chi connectivity index (χ4n) is 5.41. The normalized spacial score (nSPS) is 14.7. The molecule has 4 aromatic carbocycles. The quantitative estimate of drug-likeness (QED) is 0.0630. The van der Waals surface area contributed by atoms with Gasteiger partial charge in [-0.05, 0) is 39.9 Å². The molecule has 0 radical (unpaired) electrons. The van der Waals surface area contributed by atoms with Crippen molar-refractivity contribution in [2.24, 2.45) is 15.6 Å². The van der Waals surface area contributed by atoms with Gasteiger partial charge in [-0.3, -0.25) is 9.59 Å². The highest BCUT2D eigenvalue weighted by atomic mass is 16.5. The first-order valence-electron chi connectivity index (χ1n) is 13.3. The van der Waals surface area contributed by atoms with Crippen molar-refractivity contribution >= 4 is 11.8 Å². The molecule has 0 bridgehead atoms. The highest BCUT2D eigenvalue weighted by Crippen LogP contribution is 2.46. The highest BCUT2D eigenvalue weighted by Gasteiger charge is 2.52. The van der Waals surface area contributed by atoms with Crippen LogP contribution < -0.4 is 0 Å². The van der Waals surface area contributed by atoms with Crippen LogP contribution >= 0.6 is 0 Å². The smallest absolute Gasteiger partial charge is 0.263 e. The summed E-state index contributed by atoms with van der Waals surface area (Å²) in [5.41, 5.74) is 18.6. The molecule has 0 aromatic heterocycles. The lowest BCUT2D eigenvalue weighted by Crippen LogP contribution is -2.57. The van der Waals surface area contributed by atoms with Crippen LogP contribution in [-0.4, -0.2) is 36.0 Å². The van der Waals surface area contributed by atoms with Gasteiger partial charge < -0.3 is 4.74 Å². The number of azide groups is 2. The van der Waals surface area contributed by atoms with E-state index in [0.29, 0.717) is 0 Å². The Bertz CT molecular complexity index is 1530. The summed E-state index contributed by atoms with van der Waals surface area (Å²) in [7, 11) is 0. The van der Waals surface area contributed by atoms with Gasteiger partial charge in [-0.1, -0.05) is 120 Å². The molecule has 0 spiro atoms. The second-order valence-electron chi connectivity index (χ2n) is 10.2. The van der Waals surface area contributed by atoms with Crippen molar-refractivity contribution in [3.63, 3.8) is 0 Å². The van der Waals surface area contributed by atoms with Crippen LogP contribution in [0.15, 0.2) is 125 Å². The minimum Gasteiger partial charge on any atom is -0.337 e. The molecule has 208 valence electrons. The molecule has 0 saturated carbocycles. The van der Waals surface area contributed by atoms with Gasteiger partial charge in [0.25, 0.3) is 11.8 Å². The lowest BCUT2D eigenvalue weighted by molar-refractivity contribution is -0.149. The van der Waals surface area contributed by atoms with E-state index in [0.717, 1.165) is 21.6 Å². The van der Waals surface area contributed by atoms with Gasteiger partial charge >= 0.3 is 0 Å². The first-order valence-corrected chi connectivity index (χ1v) is 13.3. The summed E-state index contributed by atoms with van der Waals surface area (Å²) in [6.45, 7) is 1.22. The number of nitrogens with zero attached hydrogens (tertiary/aromatic N) is 7. The van der Waals surface area contributed by atoms with Crippen LogP contribution in [0.2, 0.25) is 0 Å². The first-order chi connectivity index (χ1) is 20.5. The van der Waals surface area contributed by atoms with Crippen LogP contribution in [0.25, 0.3) is 20.9 Å². The molecule has 0 aliphatic carbocycles. The van der Waals surface area contributed by atoms with Crippen LogP contribution in [0.4, 0.5) is 0 Å². The standard InChI is InChI=1S/C32H27N7O3/c1-31(21-35-37-33,22-36-38-34)30(39-28(40)26-19-11-12-20-27(26)29(39)41)42-32(23-13-5-2-6-14-23,24-15-7-3-8-16-24)25-17-9-4-10-18-25/h2-20,30H,21-22H2,1H3. The average Bonchev–Trinajstić information content (AvgIpc) is 3.30. The van der Waals surface area contributed by atoms with Crippen molar-refractivity contribution in [1.82, 2.24) is 4.90 Å². The zero-order valence-corrected chi connectivity index (χ0v) is 22.8. The van der Waals surface area contributed by atoms with Crippen molar-refractivity contribution in [2.45, 2.75) is 18.8 Å². The molecule has 1 atom stereocenters. The third-order valence-corrected chi connectivity index (χ3v) is 7.48.